The van der Waals surface area contributed by atoms with Crippen LogP contribution in [0, 0.1) is 6.92 Å². The third kappa shape index (κ3) is 5.16. The number of ether oxygens (including phenoxy) is 2. The molecule has 0 atom stereocenters. The topological polar surface area (TPSA) is 56.6 Å². The number of hydrogen-bond donors (Lipinski definition) is 0. The van der Waals surface area contributed by atoms with Gasteiger partial charge in [0.15, 0.2) is 0 Å². The van der Waals surface area contributed by atoms with E-state index in [4.69, 9.17) is 26.8 Å². The Labute approximate surface area is 225 Å². The Balaban J connectivity index is 1.51. The molecule has 6 nitrogen and oxygen atoms in total. The second kappa shape index (κ2) is 10.6. The second-order valence-corrected chi connectivity index (χ2v) is 10.2. The zero-order valence-electron chi connectivity index (χ0n) is 20.7. The van der Waals surface area contributed by atoms with Crippen molar-refractivity contribution in [3.8, 4) is 28.4 Å². The van der Waals surface area contributed by atoms with Gasteiger partial charge in [-0.25, -0.2) is 4.68 Å². The van der Waals surface area contributed by atoms with E-state index in [0.29, 0.717) is 15.8 Å². The maximum atomic E-state index is 13.4. The fourth-order valence-corrected chi connectivity index (χ4v) is 5.38. The number of thiocarbonyl (C=S) groups is 1. The van der Waals surface area contributed by atoms with Crippen molar-refractivity contribution < 1.29 is 14.3 Å². The molecule has 1 amide bonds. The number of para-hydroxylation sites is 1. The summed E-state index contributed by atoms with van der Waals surface area (Å²) in [6, 6.07) is 23.4. The molecule has 1 saturated heterocycles. The predicted molar refractivity (Wildman–Crippen MR) is 152 cm³/mol. The maximum absolute atomic E-state index is 13.4. The molecule has 0 aliphatic carbocycles. The summed E-state index contributed by atoms with van der Waals surface area (Å²) < 4.78 is 13.0. The summed E-state index contributed by atoms with van der Waals surface area (Å²) in [5.74, 6) is 1.44. The molecular formula is C29H25N3O3S2. The molecular weight excluding hydrogens is 502 g/mol. The van der Waals surface area contributed by atoms with Gasteiger partial charge in [0.05, 0.1) is 31.4 Å². The molecule has 0 bridgehead atoms. The van der Waals surface area contributed by atoms with Gasteiger partial charge in [-0.1, -0.05) is 54.3 Å². The summed E-state index contributed by atoms with van der Waals surface area (Å²) in [6.45, 7) is 2.43. The molecule has 8 heteroatoms. The molecule has 4 aromatic rings. The molecule has 0 radical (unpaired) electrons. The number of amides is 1. The number of carbonyl (C=O) groups is 1. The number of hydrogen-bond acceptors (Lipinski definition) is 6. The highest BCUT2D eigenvalue weighted by molar-refractivity contribution is 8.26. The average molecular weight is 528 g/mol. The molecule has 37 heavy (non-hydrogen) atoms. The molecule has 2 heterocycles. The highest BCUT2D eigenvalue weighted by Crippen LogP contribution is 2.36. The normalized spacial score (nSPS) is 14.5. The molecule has 0 unspecified atom stereocenters. The monoisotopic (exact) mass is 527 g/mol. The minimum absolute atomic E-state index is 0.115. The lowest BCUT2D eigenvalue weighted by atomic mass is 10.0. The Morgan fingerprint density at radius 3 is 2.35 bits per heavy atom. The van der Waals surface area contributed by atoms with Crippen molar-refractivity contribution in [3.63, 3.8) is 0 Å². The Kier molecular flexibility index (Phi) is 7.12. The first-order valence-electron chi connectivity index (χ1n) is 11.6. The van der Waals surface area contributed by atoms with Crippen LogP contribution in [0.4, 0.5) is 0 Å². The van der Waals surface area contributed by atoms with Gasteiger partial charge in [-0.05, 0) is 66.6 Å². The van der Waals surface area contributed by atoms with E-state index in [1.54, 1.807) is 19.1 Å². The number of benzene rings is 3. The van der Waals surface area contributed by atoms with Crippen molar-refractivity contribution in [3.05, 3.63) is 101 Å². The number of carbonyl (C=O) groups excluding carboxylic acids is 1. The maximum Gasteiger partial charge on any atom is 0.266 e. The first-order valence-corrected chi connectivity index (χ1v) is 12.9. The van der Waals surface area contributed by atoms with E-state index in [9.17, 15) is 4.79 Å². The zero-order valence-corrected chi connectivity index (χ0v) is 22.3. The van der Waals surface area contributed by atoms with Gasteiger partial charge in [0.2, 0.25) is 0 Å². The van der Waals surface area contributed by atoms with Gasteiger partial charge in [-0.3, -0.25) is 9.69 Å². The van der Waals surface area contributed by atoms with Crippen LogP contribution in [-0.2, 0) is 11.3 Å². The Bertz CT molecular complexity index is 1490. The zero-order chi connectivity index (χ0) is 25.9. The van der Waals surface area contributed by atoms with Crippen LogP contribution < -0.4 is 9.47 Å². The largest absolute Gasteiger partial charge is 0.497 e. The first-order chi connectivity index (χ1) is 18.0. The van der Waals surface area contributed by atoms with Crippen molar-refractivity contribution in [2.75, 3.05) is 14.2 Å². The van der Waals surface area contributed by atoms with Crippen LogP contribution in [-0.4, -0.2) is 39.1 Å². The van der Waals surface area contributed by atoms with E-state index in [-0.39, 0.29) is 5.91 Å². The first kappa shape index (κ1) is 24.8. The number of rotatable bonds is 7. The number of aromatic nitrogens is 2. The summed E-state index contributed by atoms with van der Waals surface area (Å²) in [7, 11) is 3.28. The number of thioether (sulfide) groups is 1. The standard InChI is InChI=1S/C29H25N3O3S2/c1-19-15-24(35-3)13-14-25(19)27-21(18-32(30-27)22-7-5-4-6-8-22)16-26-28(33)31(29(36)37-26)17-20-9-11-23(34-2)12-10-20/h4-16,18H,17H2,1-3H3/b26-16-. The molecule has 1 fully saturated rings. The predicted octanol–water partition coefficient (Wildman–Crippen LogP) is 6.27. The van der Waals surface area contributed by atoms with E-state index < -0.39 is 0 Å². The van der Waals surface area contributed by atoms with Gasteiger partial charge < -0.3 is 9.47 Å². The van der Waals surface area contributed by atoms with E-state index >= 15 is 0 Å². The molecule has 0 N–H and O–H groups in total. The molecule has 0 spiro atoms. The lowest BCUT2D eigenvalue weighted by Gasteiger charge is -2.14. The van der Waals surface area contributed by atoms with Crippen LogP contribution in [0.15, 0.2) is 83.9 Å². The third-order valence-electron chi connectivity index (χ3n) is 6.11. The van der Waals surface area contributed by atoms with Gasteiger partial charge >= 0.3 is 0 Å². The van der Waals surface area contributed by atoms with Gasteiger partial charge in [0.1, 0.15) is 21.5 Å². The van der Waals surface area contributed by atoms with E-state index in [1.807, 2.05) is 96.7 Å². The van der Waals surface area contributed by atoms with Crippen molar-refractivity contribution >= 4 is 40.3 Å². The van der Waals surface area contributed by atoms with E-state index in [0.717, 1.165) is 45.1 Å². The third-order valence-corrected chi connectivity index (χ3v) is 7.49. The number of nitrogens with zero attached hydrogens (tertiary/aromatic N) is 3. The summed E-state index contributed by atoms with van der Waals surface area (Å²) in [6.07, 6.45) is 3.84. The van der Waals surface area contributed by atoms with Crippen molar-refractivity contribution in [1.29, 1.82) is 0 Å². The van der Waals surface area contributed by atoms with Crippen LogP contribution in [0.3, 0.4) is 0 Å². The van der Waals surface area contributed by atoms with Crippen LogP contribution >= 0.6 is 24.0 Å². The minimum Gasteiger partial charge on any atom is -0.497 e. The number of aryl methyl sites for hydroxylation is 1. The van der Waals surface area contributed by atoms with Crippen molar-refractivity contribution in [2.45, 2.75) is 13.5 Å². The Hall–Kier alpha value is -3.88. The number of methoxy groups -OCH3 is 2. The minimum atomic E-state index is -0.115. The van der Waals surface area contributed by atoms with Crippen LogP contribution in [0.2, 0.25) is 0 Å². The highest BCUT2D eigenvalue weighted by atomic mass is 32.2. The lowest BCUT2D eigenvalue weighted by Crippen LogP contribution is -2.27. The Morgan fingerprint density at radius 1 is 0.973 bits per heavy atom. The molecule has 5 rings (SSSR count). The Morgan fingerprint density at radius 2 is 1.68 bits per heavy atom. The highest BCUT2D eigenvalue weighted by Gasteiger charge is 2.32. The van der Waals surface area contributed by atoms with E-state index in [1.165, 1.54) is 11.8 Å². The fraction of sp³-hybridized carbons (Fsp3) is 0.138. The van der Waals surface area contributed by atoms with Gasteiger partial charge in [0.25, 0.3) is 5.91 Å². The molecule has 1 aliphatic heterocycles. The van der Waals surface area contributed by atoms with Crippen molar-refractivity contribution in [1.82, 2.24) is 14.7 Å². The summed E-state index contributed by atoms with van der Waals surface area (Å²) in [4.78, 5) is 15.6. The molecule has 3 aromatic carbocycles. The van der Waals surface area contributed by atoms with Crippen LogP contribution in [0.5, 0.6) is 11.5 Å². The van der Waals surface area contributed by atoms with E-state index in [2.05, 4.69) is 0 Å². The summed E-state index contributed by atoms with van der Waals surface area (Å²) in [5, 5.41) is 4.91. The SMILES string of the molecule is COc1ccc(CN2C(=O)/C(=C/c3cn(-c4ccccc4)nc3-c3ccc(OC)cc3C)SC2=S)cc1. The van der Waals surface area contributed by atoms with Gasteiger partial charge in [-0.15, -0.1) is 0 Å². The van der Waals surface area contributed by atoms with Crippen LogP contribution in [0.1, 0.15) is 16.7 Å². The molecule has 1 aliphatic rings. The second-order valence-electron chi connectivity index (χ2n) is 8.51. The quantitative estimate of drug-likeness (QED) is 0.209. The average Bonchev–Trinajstić information content (AvgIpc) is 3.45. The smallest absolute Gasteiger partial charge is 0.266 e. The summed E-state index contributed by atoms with van der Waals surface area (Å²) in [5.41, 5.74) is 5.52. The molecule has 1 aromatic heterocycles. The molecule has 0 saturated carbocycles. The van der Waals surface area contributed by atoms with Crippen LogP contribution in [0.25, 0.3) is 23.0 Å². The van der Waals surface area contributed by atoms with Gasteiger partial charge in [-0.2, -0.15) is 5.10 Å². The van der Waals surface area contributed by atoms with Gasteiger partial charge in [0, 0.05) is 17.3 Å². The van der Waals surface area contributed by atoms with Crippen molar-refractivity contribution in [2.24, 2.45) is 0 Å². The molecule has 186 valence electrons. The lowest BCUT2D eigenvalue weighted by molar-refractivity contribution is -0.122. The fourth-order valence-electron chi connectivity index (χ4n) is 4.14. The summed E-state index contributed by atoms with van der Waals surface area (Å²) >= 11 is 6.89.